The van der Waals surface area contributed by atoms with Gasteiger partial charge in [-0.15, -0.1) is 0 Å². The molecule has 1 unspecified atom stereocenters. The molecule has 1 atom stereocenters. The summed E-state index contributed by atoms with van der Waals surface area (Å²) in [6.45, 7) is 0. The van der Waals surface area contributed by atoms with Crippen LogP contribution < -0.4 is 5.73 Å². The van der Waals surface area contributed by atoms with E-state index in [2.05, 4.69) is 0 Å². The highest BCUT2D eigenvalue weighted by Crippen LogP contribution is 1.96. The molecule has 5 heteroatoms. The van der Waals surface area contributed by atoms with Crippen LogP contribution in [0.3, 0.4) is 0 Å². The van der Waals surface area contributed by atoms with E-state index in [-0.39, 0.29) is 0 Å². The van der Waals surface area contributed by atoms with Crippen LogP contribution in [0.2, 0.25) is 0 Å². The van der Waals surface area contributed by atoms with Crippen LogP contribution in [0.25, 0.3) is 0 Å². The Balaban J connectivity index is 3.55. The predicted molar refractivity (Wildman–Crippen MR) is 23.2 cm³/mol. The summed E-state index contributed by atoms with van der Waals surface area (Å²) in [4.78, 5) is 9.60. The van der Waals surface area contributed by atoms with Crippen molar-refractivity contribution in [3.05, 3.63) is 0 Å². The number of rotatable bonds is 2. The standard InChI is InChI=1S/C2H4NO3P/c3-1(7-6)2(4)5/h1H,3H2,(H,4,5). The van der Waals surface area contributed by atoms with Gasteiger partial charge >= 0.3 is 5.97 Å². The van der Waals surface area contributed by atoms with Crippen molar-refractivity contribution >= 4 is 14.4 Å². The highest BCUT2D eigenvalue weighted by Gasteiger charge is 2.08. The van der Waals surface area contributed by atoms with Gasteiger partial charge in [-0.1, -0.05) is 0 Å². The van der Waals surface area contributed by atoms with Crippen LogP contribution in [0, 0.1) is 0 Å². The molecule has 40 valence electrons. The van der Waals surface area contributed by atoms with Crippen LogP contribution >= 0.6 is 8.46 Å². The first-order valence-electron chi connectivity index (χ1n) is 1.49. The number of hydrogen-bond donors (Lipinski definition) is 2. The van der Waals surface area contributed by atoms with E-state index < -0.39 is 20.2 Å². The molecule has 0 aliphatic rings. The minimum Gasteiger partial charge on any atom is -0.479 e. The third-order valence-corrected chi connectivity index (χ3v) is 0.815. The van der Waals surface area contributed by atoms with Crippen molar-refractivity contribution in [3.8, 4) is 0 Å². The first kappa shape index (κ1) is 6.53. The van der Waals surface area contributed by atoms with E-state index in [0.29, 0.717) is 0 Å². The molecule has 3 N–H and O–H groups in total. The van der Waals surface area contributed by atoms with Crippen LogP contribution in [0.4, 0.5) is 0 Å². The fourth-order valence-electron chi connectivity index (χ4n) is 0.0451. The van der Waals surface area contributed by atoms with Gasteiger partial charge in [-0.3, -0.25) is 4.57 Å². The van der Waals surface area contributed by atoms with Crippen molar-refractivity contribution in [2.75, 3.05) is 0 Å². The molecule has 0 saturated heterocycles. The van der Waals surface area contributed by atoms with Crippen molar-refractivity contribution in [2.45, 2.75) is 5.78 Å². The summed E-state index contributed by atoms with van der Waals surface area (Å²) in [6, 6.07) is 0. The van der Waals surface area contributed by atoms with Gasteiger partial charge in [-0.05, 0) is 0 Å². The van der Waals surface area contributed by atoms with E-state index in [4.69, 9.17) is 10.8 Å². The fraction of sp³-hybridized carbons (Fsp3) is 0.500. The van der Waals surface area contributed by atoms with Crippen molar-refractivity contribution in [1.29, 1.82) is 0 Å². The summed E-state index contributed by atoms with van der Waals surface area (Å²) < 4.78 is 9.54. The van der Waals surface area contributed by atoms with Gasteiger partial charge in [0.15, 0.2) is 14.2 Å². The predicted octanol–water partition coefficient (Wildman–Crippen LogP) is -0.353. The molecule has 4 nitrogen and oxygen atoms in total. The summed E-state index contributed by atoms with van der Waals surface area (Å²) in [7, 11) is -0.549. The number of carbonyl (C=O) groups is 1. The third kappa shape index (κ3) is 2.25. The smallest absolute Gasteiger partial charge is 0.332 e. The van der Waals surface area contributed by atoms with Crippen LogP contribution in [-0.4, -0.2) is 16.9 Å². The Kier molecular flexibility index (Phi) is 2.48. The first-order chi connectivity index (χ1) is 3.18. The summed E-state index contributed by atoms with van der Waals surface area (Å²) in [5, 5.41) is 7.85. The van der Waals surface area contributed by atoms with Crippen molar-refractivity contribution in [2.24, 2.45) is 5.73 Å². The van der Waals surface area contributed by atoms with Gasteiger partial charge in [0.05, 0.1) is 0 Å². The van der Waals surface area contributed by atoms with Gasteiger partial charge in [0.2, 0.25) is 0 Å². The van der Waals surface area contributed by atoms with E-state index >= 15 is 0 Å². The van der Waals surface area contributed by atoms with Gasteiger partial charge in [-0.25, -0.2) is 4.79 Å². The third-order valence-electron chi connectivity index (χ3n) is 0.367. The number of carboxylic acid groups (broad SMARTS) is 1. The molecule has 0 rings (SSSR count). The Morgan fingerprint density at radius 2 is 2.29 bits per heavy atom. The lowest BCUT2D eigenvalue weighted by atomic mass is 10.7. The second kappa shape index (κ2) is 2.66. The van der Waals surface area contributed by atoms with Crippen molar-refractivity contribution in [1.82, 2.24) is 0 Å². The summed E-state index contributed by atoms with van der Waals surface area (Å²) >= 11 is 0. The molecule has 0 heterocycles. The zero-order valence-electron chi connectivity index (χ0n) is 3.37. The largest absolute Gasteiger partial charge is 0.479 e. The van der Waals surface area contributed by atoms with E-state index in [1.807, 2.05) is 0 Å². The molecule has 0 aliphatic heterocycles. The highest BCUT2D eigenvalue weighted by atomic mass is 31.1. The van der Waals surface area contributed by atoms with E-state index in [1.165, 1.54) is 0 Å². The van der Waals surface area contributed by atoms with Crippen LogP contribution in [0.15, 0.2) is 0 Å². The number of carboxylic acids is 1. The second-order valence-corrected chi connectivity index (χ2v) is 1.66. The van der Waals surface area contributed by atoms with Gasteiger partial charge in [0, 0.05) is 0 Å². The molecule has 0 spiro atoms. The van der Waals surface area contributed by atoms with E-state index in [9.17, 15) is 9.36 Å². The zero-order valence-corrected chi connectivity index (χ0v) is 4.26. The molecule has 0 aromatic rings. The molecule has 0 fully saturated rings. The normalized spacial score (nSPS) is 13.9. The quantitative estimate of drug-likeness (QED) is 0.489. The van der Waals surface area contributed by atoms with E-state index in [1.54, 1.807) is 0 Å². The molecule has 0 saturated carbocycles. The SMILES string of the molecule is NC(P=O)C(=O)O. The van der Waals surface area contributed by atoms with Gasteiger partial charge in [0.25, 0.3) is 0 Å². The fourth-order valence-corrected chi connectivity index (χ4v) is 0.135. The lowest BCUT2D eigenvalue weighted by Gasteiger charge is -1.87. The van der Waals surface area contributed by atoms with Crippen LogP contribution in [0.5, 0.6) is 0 Å². The highest BCUT2D eigenvalue weighted by molar-refractivity contribution is 7.26. The topological polar surface area (TPSA) is 80.4 Å². The molecule has 0 aromatic heterocycles. The molecular formula is C2H4NO3P. The summed E-state index contributed by atoms with van der Waals surface area (Å²) in [5.74, 6) is -2.52. The second-order valence-electron chi connectivity index (χ2n) is 0.888. The summed E-state index contributed by atoms with van der Waals surface area (Å²) in [6.07, 6.45) is 0. The minimum absolute atomic E-state index is 0.549. The Morgan fingerprint density at radius 3 is 2.29 bits per heavy atom. The molecule has 7 heavy (non-hydrogen) atoms. The Hall–Kier alpha value is -0.470. The van der Waals surface area contributed by atoms with Crippen molar-refractivity contribution < 1.29 is 14.5 Å². The average Bonchev–Trinajstić information content (AvgIpc) is 1.65. The van der Waals surface area contributed by atoms with Gasteiger partial charge < -0.3 is 10.8 Å². The molecule has 0 radical (unpaired) electrons. The maximum atomic E-state index is 9.60. The Morgan fingerprint density at radius 1 is 1.86 bits per heavy atom. The van der Waals surface area contributed by atoms with Crippen molar-refractivity contribution in [3.63, 3.8) is 0 Å². The maximum absolute atomic E-state index is 9.60. The molecular weight excluding hydrogens is 117 g/mol. The van der Waals surface area contributed by atoms with Gasteiger partial charge in [-0.2, -0.15) is 0 Å². The zero-order chi connectivity index (χ0) is 5.86. The number of hydrogen-bond acceptors (Lipinski definition) is 3. The molecule has 0 aromatic carbocycles. The lowest BCUT2D eigenvalue weighted by molar-refractivity contribution is -0.136. The van der Waals surface area contributed by atoms with E-state index in [0.717, 1.165) is 0 Å². The number of nitrogens with two attached hydrogens (primary N) is 1. The minimum atomic E-state index is -1.26. The molecule has 0 aliphatic carbocycles. The Bertz CT molecular complexity index is 92.9. The first-order valence-corrected chi connectivity index (χ1v) is 2.37. The number of aliphatic carboxylic acids is 1. The average molecular weight is 121 g/mol. The molecule has 0 bridgehead atoms. The van der Waals surface area contributed by atoms with Crippen LogP contribution in [0.1, 0.15) is 0 Å². The Labute approximate surface area is 41.5 Å². The molecule has 0 amide bonds. The lowest BCUT2D eigenvalue weighted by Crippen LogP contribution is -2.22. The van der Waals surface area contributed by atoms with Gasteiger partial charge in [0.1, 0.15) is 0 Å². The van der Waals surface area contributed by atoms with Crippen LogP contribution in [-0.2, 0) is 9.36 Å². The monoisotopic (exact) mass is 121 g/mol. The summed E-state index contributed by atoms with van der Waals surface area (Å²) in [5.41, 5.74) is 4.69. The maximum Gasteiger partial charge on any atom is 0.332 e.